The SMILES string of the molecule is CC(C)NCC(C)(O)c1ccc(F)cc1F. The standard InChI is InChI=1S/C12H17F2NO/c1-8(2)15-7-12(3,16)10-5-4-9(13)6-11(10)14/h4-6,8,15-16H,7H2,1-3H3. The lowest BCUT2D eigenvalue weighted by Gasteiger charge is -2.26. The van der Waals surface area contributed by atoms with Gasteiger partial charge >= 0.3 is 0 Å². The van der Waals surface area contributed by atoms with Crippen LogP contribution in [0.25, 0.3) is 0 Å². The van der Waals surface area contributed by atoms with Crippen LogP contribution in [0.2, 0.25) is 0 Å². The van der Waals surface area contributed by atoms with Crippen LogP contribution in [0.1, 0.15) is 26.3 Å². The predicted molar refractivity (Wildman–Crippen MR) is 59.1 cm³/mol. The first-order valence-corrected chi connectivity index (χ1v) is 5.24. The lowest BCUT2D eigenvalue weighted by Crippen LogP contribution is -2.39. The molecule has 0 aliphatic heterocycles. The fourth-order valence-electron chi connectivity index (χ4n) is 1.42. The van der Waals surface area contributed by atoms with E-state index >= 15 is 0 Å². The van der Waals surface area contributed by atoms with E-state index in [0.717, 1.165) is 12.1 Å². The van der Waals surface area contributed by atoms with Gasteiger partial charge in [-0.2, -0.15) is 0 Å². The molecule has 0 radical (unpaired) electrons. The number of rotatable bonds is 4. The Hall–Kier alpha value is -1.00. The Bertz CT molecular complexity index is 364. The summed E-state index contributed by atoms with van der Waals surface area (Å²) in [5.41, 5.74) is -1.25. The maximum absolute atomic E-state index is 13.4. The van der Waals surface area contributed by atoms with Gasteiger partial charge < -0.3 is 10.4 Å². The van der Waals surface area contributed by atoms with Crippen LogP contribution in [0.15, 0.2) is 18.2 Å². The molecule has 1 rings (SSSR count). The molecule has 90 valence electrons. The van der Waals surface area contributed by atoms with Crippen molar-refractivity contribution in [3.8, 4) is 0 Å². The van der Waals surface area contributed by atoms with Gasteiger partial charge in [-0.15, -0.1) is 0 Å². The highest BCUT2D eigenvalue weighted by molar-refractivity contribution is 5.24. The second kappa shape index (κ2) is 4.89. The first kappa shape index (κ1) is 13.1. The van der Waals surface area contributed by atoms with Crippen LogP contribution in [-0.4, -0.2) is 17.7 Å². The molecule has 0 fully saturated rings. The molecule has 0 aromatic heterocycles. The van der Waals surface area contributed by atoms with Crippen LogP contribution in [0, 0.1) is 11.6 Å². The average molecular weight is 229 g/mol. The van der Waals surface area contributed by atoms with Gasteiger partial charge in [-0.25, -0.2) is 8.78 Å². The Kier molecular flexibility index (Phi) is 3.99. The van der Waals surface area contributed by atoms with E-state index in [1.807, 2.05) is 13.8 Å². The summed E-state index contributed by atoms with van der Waals surface area (Å²) in [6.45, 7) is 5.57. The second-order valence-electron chi connectivity index (χ2n) is 4.43. The molecular formula is C12H17F2NO. The van der Waals surface area contributed by atoms with Crippen LogP contribution in [0.3, 0.4) is 0 Å². The summed E-state index contributed by atoms with van der Waals surface area (Å²) in [6.07, 6.45) is 0. The van der Waals surface area contributed by atoms with Gasteiger partial charge in [-0.3, -0.25) is 0 Å². The Balaban J connectivity index is 2.88. The topological polar surface area (TPSA) is 32.3 Å². The third-order valence-electron chi connectivity index (χ3n) is 2.37. The van der Waals surface area contributed by atoms with E-state index in [4.69, 9.17) is 0 Å². The molecule has 0 heterocycles. The maximum Gasteiger partial charge on any atom is 0.132 e. The zero-order valence-electron chi connectivity index (χ0n) is 9.72. The van der Waals surface area contributed by atoms with Crippen molar-refractivity contribution in [2.45, 2.75) is 32.4 Å². The molecule has 16 heavy (non-hydrogen) atoms. The number of benzene rings is 1. The summed E-state index contributed by atoms with van der Waals surface area (Å²) in [5, 5.41) is 13.1. The molecule has 0 saturated carbocycles. The van der Waals surface area contributed by atoms with Gasteiger partial charge in [-0.1, -0.05) is 19.9 Å². The van der Waals surface area contributed by atoms with E-state index in [-0.39, 0.29) is 18.2 Å². The third-order valence-corrected chi connectivity index (χ3v) is 2.37. The quantitative estimate of drug-likeness (QED) is 0.829. The minimum absolute atomic E-state index is 0.0991. The van der Waals surface area contributed by atoms with Crippen molar-refractivity contribution in [2.75, 3.05) is 6.54 Å². The summed E-state index contributed by atoms with van der Waals surface area (Å²) >= 11 is 0. The zero-order chi connectivity index (χ0) is 12.3. The Morgan fingerprint density at radius 2 is 2.00 bits per heavy atom. The van der Waals surface area contributed by atoms with Crippen molar-refractivity contribution in [1.82, 2.24) is 5.32 Å². The van der Waals surface area contributed by atoms with Crippen LogP contribution < -0.4 is 5.32 Å². The van der Waals surface area contributed by atoms with E-state index in [0.29, 0.717) is 0 Å². The van der Waals surface area contributed by atoms with Gasteiger partial charge in [-0.05, 0) is 13.0 Å². The number of aliphatic hydroxyl groups is 1. The maximum atomic E-state index is 13.4. The average Bonchev–Trinajstić information content (AvgIpc) is 2.14. The van der Waals surface area contributed by atoms with E-state index in [1.54, 1.807) is 0 Å². The fraction of sp³-hybridized carbons (Fsp3) is 0.500. The largest absolute Gasteiger partial charge is 0.384 e. The van der Waals surface area contributed by atoms with E-state index in [2.05, 4.69) is 5.32 Å². The molecule has 0 aliphatic rings. The van der Waals surface area contributed by atoms with Gasteiger partial charge in [0.05, 0.1) is 0 Å². The van der Waals surface area contributed by atoms with Gasteiger partial charge in [0.2, 0.25) is 0 Å². The monoisotopic (exact) mass is 229 g/mol. The molecule has 4 heteroatoms. The summed E-state index contributed by atoms with van der Waals surface area (Å²) in [7, 11) is 0. The van der Waals surface area contributed by atoms with Crippen LogP contribution >= 0.6 is 0 Å². The molecule has 0 bridgehead atoms. The molecule has 0 spiro atoms. The van der Waals surface area contributed by atoms with Crippen LogP contribution in [0.4, 0.5) is 8.78 Å². The Morgan fingerprint density at radius 1 is 1.38 bits per heavy atom. The second-order valence-corrected chi connectivity index (χ2v) is 4.43. The van der Waals surface area contributed by atoms with Crippen LogP contribution in [0.5, 0.6) is 0 Å². The summed E-state index contributed by atoms with van der Waals surface area (Å²) < 4.78 is 26.2. The van der Waals surface area contributed by atoms with Crippen molar-refractivity contribution in [3.63, 3.8) is 0 Å². The number of hydrogen-bond acceptors (Lipinski definition) is 2. The molecule has 1 aromatic carbocycles. The van der Waals surface area contributed by atoms with Crippen molar-refractivity contribution in [3.05, 3.63) is 35.4 Å². The molecule has 0 amide bonds. The van der Waals surface area contributed by atoms with Crippen LogP contribution in [-0.2, 0) is 5.60 Å². The van der Waals surface area contributed by atoms with E-state index < -0.39 is 17.2 Å². The normalized spacial score (nSPS) is 15.2. The highest BCUT2D eigenvalue weighted by Gasteiger charge is 2.26. The van der Waals surface area contributed by atoms with Gasteiger partial charge in [0.25, 0.3) is 0 Å². The molecule has 1 atom stereocenters. The molecule has 2 N–H and O–H groups in total. The fourth-order valence-corrected chi connectivity index (χ4v) is 1.42. The van der Waals surface area contributed by atoms with Crippen molar-refractivity contribution in [1.29, 1.82) is 0 Å². The highest BCUT2D eigenvalue weighted by Crippen LogP contribution is 2.23. The molecule has 2 nitrogen and oxygen atoms in total. The van der Waals surface area contributed by atoms with Gasteiger partial charge in [0, 0.05) is 24.2 Å². The highest BCUT2D eigenvalue weighted by atomic mass is 19.1. The Labute approximate surface area is 94.3 Å². The van der Waals surface area contributed by atoms with Gasteiger partial charge in [0.1, 0.15) is 17.2 Å². The first-order valence-electron chi connectivity index (χ1n) is 5.24. The van der Waals surface area contributed by atoms with Crippen molar-refractivity contribution in [2.24, 2.45) is 0 Å². The minimum atomic E-state index is -1.35. The number of halogens is 2. The smallest absolute Gasteiger partial charge is 0.132 e. The summed E-state index contributed by atoms with van der Waals surface area (Å²) in [6, 6.07) is 3.38. The lowest BCUT2D eigenvalue weighted by molar-refractivity contribution is 0.0511. The minimum Gasteiger partial charge on any atom is -0.384 e. The summed E-state index contributed by atoms with van der Waals surface area (Å²) in [5.74, 6) is -1.37. The number of hydrogen-bond donors (Lipinski definition) is 2. The predicted octanol–water partition coefficient (Wildman–Crippen LogP) is 2.17. The molecule has 1 aromatic rings. The third kappa shape index (κ3) is 3.25. The molecule has 0 saturated heterocycles. The van der Waals surface area contributed by atoms with E-state index in [1.165, 1.54) is 13.0 Å². The molecule has 0 aliphatic carbocycles. The van der Waals surface area contributed by atoms with Crippen molar-refractivity contribution >= 4 is 0 Å². The Morgan fingerprint density at radius 3 is 2.50 bits per heavy atom. The molecular weight excluding hydrogens is 212 g/mol. The zero-order valence-corrected chi connectivity index (χ0v) is 9.72. The first-order chi connectivity index (χ1) is 7.33. The van der Waals surface area contributed by atoms with Crippen molar-refractivity contribution < 1.29 is 13.9 Å². The number of nitrogens with one attached hydrogen (secondary N) is 1. The van der Waals surface area contributed by atoms with Gasteiger partial charge in [0.15, 0.2) is 0 Å². The summed E-state index contributed by atoms with van der Waals surface area (Å²) in [4.78, 5) is 0. The lowest BCUT2D eigenvalue weighted by atomic mass is 9.95. The van der Waals surface area contributed by atoms with E-state index in [9.17, 15) is 13.9 Å². The molecule has 1 unspecified atom stereocenters.